The Balaban J connectivity index is 1.87. The molecule has 3 aromatic rings. The number of hydrogen-bond donors (Lipinski definition) is 1. The number of benzene rings is 1. The van der Waals surface area contributed by atoms with Gasteiger partial charge in [0.05, 0.1) is 16.6 Å². The predicted octanol–water partition coefficient (Wildman–Crippen LogP) is 5.45. The second-order valence-electron chi connectivity index (χ2n) is 7.93. The van der Waals surface area contributed by atoms with E-state index in [9.17, 15) is 18.4 Å². The number of para-hydroxylation sites is 2. The van der Waals surface area contributed by atoms with Crippen molar-refractivity contribution in [2.75, 3.05) is 5.32 Å². The summed E-state index contributed by atoms with van der Waals surface area (Å²) in [5.74, 6) is -0.990. The van der Waals surface area contributed by atoms with Gasteiger partial charge in [0.25, 0.3) is 0 Å². The minimum absolute atomic E-state index is 0.0515. The van der Waals surface area contributed by atoms with Gasteiger partial charge in [0.2, 0.25) is 5.91 Å². The molecule has 0 saturated carbocycles. The topological polar surface area (TPSA) is 73.2 Å². The van der Waals surface area contributed by atoms with Crippen molar-refractivity contribution in [3.63, 3.8) is 0 Å². The molecule has 0 spiro atoms. The molecule has 0 aliphatic rings. The van der Waals surface area contributed by atoms with E-state index in [1.165, 1.54) is 17.4 Å². The van der Waals surface area contributed by atoms with Crippen LogP contribution in [0.5, 0.6) is 0 Å². The van der Waals surface area contributed by atoms with Crippen LogP contribution in [0.25, 0.3) is 11.0 Å². The predicted molar refractivity (Wildman–Crippen MR) is 112 cm³/mol. The minimum atomic E-state index is -2.82. The van der Waals surface area contributed by atoms with E-state index < -0.39 is 24.5 Å². The van der Waals surface area contributed by atoms with Crippen LogP contribution in [-0.4, -0.2) is 21.4 Å². The fourth-order valence-electron chi connectivity index (χ4n) is 2.87. The standard InChI is InChI=1S/C21H23F2N3O3S/c1-11-12(2)30-17(25-19(28)21(3,4)5)16(11)18(27)29-10-15-24-13-8-6-7-9-14(13)26(15)20(22)23/h6-9,20H,10H2,1-5H3,(H,25,28). The maximum atomic E-state index is 13.6. The Bertz CT molecular complexity index is 1110. The first kappa shape index (κ1) is 21.9. The molecule has 1 N–H and O–H groups in total. The van der Waals surface area contributed by atoms with Crippen molar-refractivity contribution in [2.45, 2.75) is 47.8 Å². The van der Waals surface area contributed by atoms with E-state index in [0.717, 1.165) is 9.44 Å². The Morgan fingerprint density at radius 3 is 2.53 bits per heavy atom. The van der Waals surface area contributed by atoms with Crippen molar-refractivity contribution >= 4 is 39.2 Å². The number of anilines is 1. The van der Waals surface area contributed by atoms with Gasteiger partial charge < -0.3 is 10.1 Å². The SMILES string of the molecule is Cc1sc(NC(=O)C(C)(C)C)c(C(=O)OCc2nc3ccccc3n2C(F)F)c1C. The van der Waals surface area contributed by atoms with Crippen LogP contribution >= 0.6 is 11.3 Å². The van der Waals surface area contributed by atoms with Gasteiger partial charge in [-0.05, 0) is 31.5 Å². The number of halogens is 2. The van der Waals surface area contributed by atoms with Gasteiger partial charge in [0, 0.05) is 10.3 Å². The molecule has 3 rings (SSSR count). The molecule has 0 saturated heterocycles. The summed E-state index contributed by atoms with van der Waals surface area (Å²) in [6.45, 7) is 5.65. The number of thiophene rings is 1. The number of rotatable bonds is 5. The number of aromatic nitrogens is 2. The van der Waals surface area contributed by atoms with Crippen LogP contribution < -0.4 is 5.32 Å². The van der Waals surface area contributed by atoms with E-state index in [2.05, 4.69) is 10.3 Å². The fraction of sp³-hybridized carbons (Fsp3) is 0.381. The third-order valence-corrected chi connectivity index (χ3v) is 5.82. The second kappa shape index (κ2) is 8.14. The molecule has 0 unspecified atom stereocenters. The number of carbonyl (C=O) groups excluding carboxylic acids is 2. The lowest BCUT2D eigenvalue weighted by atomic mass is 9.96. The van der Waals surface area contributed by atoms with Gasteiger partial charge in [0.15, 0.2) is 5.82 Å². The number of alkyl halides is 2. The van der Waals surface area contributed by atoms with Crippen LogP contribution in [0.2, 0.25) is 0 Å². The van der Waals surface area contributed by atoms with Crippen LogP contribution in [0.3, 0.4) is 0 Å². The maximum absolute atomic E-state index is 13.6. The molecular weight excluding hydrogens is 412 g/mol. The fourth-order valence-corrected chi connectivity index (χ4v) is 3.91. The Morgan fingerprint density at radius 1 is 1.23 bits per heavy atom. The molecule has 0 atom stereocenters. The van der Waals surface area contributed by atoms with Crippen LogP contribution in [0, 0.1) is 19.3 Å². The molecule has 0 fully saturated rings. The van der Waals surface area contributed by atoms with E-state index >= 15 is 0 Å². The summed E-state index contributed by atoms with van der Waals surface area (Å²) >= 11 is 1.27. The molecule has 6 nitrogen and oxygen atoms in total. The van der Waals surface area contributed by atoms with Crippen LogP contribution in [0.4, 0.5) is 13.8 Å². The average molecular weight is 435 g/mol. The van der Waals surface area contributed by atoms with Gasteiger partial charge in [-0.25, -0.2) is 9.78 Å². The molecule has 30 heavy (non-hydrogen) atoms. The van der Waals surface area contributed by atoms with E-state index in [-0.39, 0.29) is 22.8 Å². The zero-order valence-electron chi connectivity index (χ0n) is 17.4. The molecule has 1 aromatic carbocycles. The monoisotopic (exact) mass is 435 g/mol. The minimum Gasteiger partial charge on any atom is -0.454 e. The number of nitrogens with zero attached hydrogens (tertiary/aromatic N) is 2. The van der Waals surface area contributed by atoms with Crippen LogP contribution in [-0.2, 0) is 16.1 Å². The Labute approximate surface area is 176 Å². The number of nitrogens with one attached hydrogen (secondary N) is 1. The molecule has 0 radical (unpaired) electrons. The van der Waals surface area contributed by atoms with Crippen LogP contribution in [0.15, 0.2) is 24.3 Å². The van der Waals surface area contributed by atoms with Crippen molar-refractivity contribution in [2.24, 2.45) is 5.41 Å². The zero-order valence-corrected chi connectivity index (χ0v) is 18.2. The first-order valence-corrected chi connectivity index (χ1v) is 10.1. The highest BCUT2D eigenvalue weighted by Crippen LogP contribution is 2.34. The molecule has 2 aromatic heterocycles. The molecular formula is C21H23F2N3O3S. The van der Waals surface area contributed by atoms with E-state index in [1.807, 2.05) is 6.92 Å². The normalized spacial score (nSPS) is 11.9. The third kappa shape index (κ3) is 4.21. The maximum Gasteiger partial charge on any atom is 0.341 e. The highest BCUT2D eigenvalue weighted by atomic mass is 32.1. The number of imidazole rings is 1. The smallest absolute Gasteiger partial charge is 0.341 e. The van der Waals surface area contributed by atoms with Gasteiger partial charge in [-0.3, -0.25) is 9.36 Å². The molecule has 0 aliphatic heterocycles. The van der Waals surface area contributed by atoms with Crippen molar-refractivity contribution < 1.29 is 23.1 Å². The largest absolute Gasteiger partial charge is 0.454 e. The number of esters is 1. The summed E-state index contributed by atoms with van der Waals surface area (Å²) in [5.41, 5.74) is 0.921. The number of carbonyl (C=O) groups is 2. The molecule has 0 aliphatic carbocycles. The lowest BCUT2D eigenvalue weighted by Gasteiger charge is -2.17. The summed E-state index contributed by atoms with van der Waals surface area (Å²) in [4.78, 5) is 30.2. The summed E-state index contributed by atoms with van der Waals surface area (Å²) in [5, 5.41) is 3.17. The lowest BCUT2D eigenvalue weighted by molar-refractivity contribution is -0.123. The van der Waals surface area contributed by atoms with Gasteiger partial charge >= 0.3 is 12.5 Å². The second-order valence-corrected chi connectivity index (χ2v) is 9.16. The van der Waals surface area contributed by atoms with Crippen molar-refractivity contribution in [3.8, 4) is 0 Å². The van der Waals surface area contributed by atoms with Gasteiger partial charge in [0.1, 0.15) is 11.6 Å². The molecule has 160 valence electrons. The number of ether oxygens (including phenoxy) is 1. The Morgan fingerprint density at radius 2 is 1.90 bits per heavy atom. The van der Waals surface area contributed by atoms with E-state index in [4.69, 9.17) is 4.74 Å². The highest BCUT2D eigenvalue weighted by Gasteiger charge is 2.27. The number of fused-ring (bicyclic) bond motifs is 1. The third-order valence-electron chi connectivity index (χ3n) is 4.69. The quantitative estimate of drug-likeness (QED) is 0.541. The first-order chi connectivity index (χ1) is 14.0. The van der Waals surface area contributed by atoms with E-state index in [1.54, 1.807) is 45.9 Å². The molecule has 0 bridgehead atoms. The molecule has 2 heterocycles. The van der Waals surface area contributed by atoms with E-state index in [0.29, 0.717) is 16.1 Å². The summed E-state index contributed by atoms with van der Waals surface area (Å²) in [6.07, 6.45) is 0. The Hall–Kier alpha value is -2.81. The highest BCUT2D eigenvalue weighted by molar-refractivity contribution is 7.16. The number of aryl methyl sites for hydroxylation is 1. The van der Waals surface area contributed by atoms with Gasteiger partial charge in [-0.15, -0.1) is 11.3 Å². The summed E-state index contributed by atoms with van der Waals surface area (Å²) in [6, 6.07) is 6.49. The molecule has 1 amide bonds. The summed E-state index contributed by atoms with van der Waals surface area (Å²) < 4.78 is 33.2. The van der Waals surface area contributed by atoms with Crippen molar-refractivity contribution in [3.05, 3.63) is 46.1 Å². The Kier molecular flexibility index (Phi) is 5.94. The summed E-state index contributed by atoms with van der Waals surface area (Å²) in [7, 11) is 0. The first-order valence-electron chi connectivity index (χ1n) is 9.33. The van der Waals surface area contributed by atoms with Gasteiger partial charge in [-0.2, -0.15) is 8.78 Å². The zero-order chi connectivity index (χ0) is 22.2. The van der Waals surface area contributed by atoms with Gasteiger partial charge in [-0.1, -0.05) is 32.9 Å². The van der Waals surface area contributed by atoms with Crippen molar-refractivity contribution in [1.29, 1.82) is 0 Å². The number of amides is 1. The number of hydrogen-bond acceptors (Lipinski definition) is 5. The lowest BCUT2D eigenvalue weighted by Crippen LogP contribution is -2.28. The molecule has 9 heteroatoms. The average Bonchev–Trinajstić information content (AvgIpc) is 3.16. The van der Waals surface area contributed by atoms with Crippen molar-refractivity contribution in [1.82, 2.24) is 9.55 Å². The van der Waals surface area contributed by atoms with Crippen LogP contribution in [0.1, 0.15) is 53.9 Å².